The van der Waals surface area contributed by atoms with Crippen molar-refractivity contribution in [1.82, 2.24) is 29.1 Å². The molecule has 20 heavy (non-hydrogen) atoms. The molecular formula is C13H19N7. The number of aromatic nitrogens is 6. The summed E-state index contributed by atoms with van der Waals surface area (Å²) in [6.07, 6.45) is 3.52. The van der Waals surface area contributed by atoms with E-state index in [2.05, 4.69) is 22.1 Å². The molecule has 0 aliphatic heterocycles. The van der Waals surface area contributed by atoms with Crippen LogP contribution in [0.5, 0.6) is 0 Å². The van der Waals surface area contributed by atoms with E-state index < -0.39 is 0 Å². The second kappa shape index (κ2) is 4.66. The number of nitrogen functional groups attached to an aromatic ring is 1. The molecule has 0 radical (unpaired) electrons. The van der Waals surface area contributed by atoms with Gasteiger partial charge in [-0.15, -0.1) is 0 Å². The van der Waals surface area contributed by atoms with Crippen molar-refractivity contribution < 1.29 is 0 Å². The van der Waals surface area contributed by atoms with E-state index in [1.165, 1.54) is 5.69 Å². The third-order valence-corrected chi connectivity index (χ3v) is 3.67. The summed E-state index contributed by atoms with van der Waals surface area (Å²) < 4.78 is 5.76. The highest BCUT2D eigenvalue weighted by Crippen LogP contribution is 2.21. The minimum absolute atomic E-state index is 0.546. The molecule has 0 unspecified atom stereocenters. The van der Waals surface area contributed by atoms with Gasteiger partial charge in [-0.2, -0.15) is 10.2 Å². The number of hydrogen-bond donors (Lipinski definition) is 1. The average Bonchev–Trinajstić information content (AvgIpc) is 3.05. The van der Waals surface area contributed by atoms with Gasteiger partial charge in [-0.25, -0.2) is 4.98 Å². The van der Waals surface area contributed by atoms with Gasteiger partial charge in [0.2, 0.25) is 5.95 Å². The predicted molar refractivity (Wildman–Crippen MR) is 77.2 cm³/mol. The van der Waals surface area contributed by atoms with Crippen LogP contribution in [-0.4, -0.2) is 29.1 Å². The summed E-state index contributed by atoms with van der Waals surface area (Å²) in [6, 6.07) is 2.02. The highest BCUT2D eigenvalue weighted by atomic mass is 15.3. The molecule has 0 spiro atoms. The van der Waals surface area contributed by atoms with Crippen LogP contribution in [0.15, 0.2) is 12.3 Å². The fourth-order valence-corrected chi connectivity index (χ4v) is 2.59. The maximum atomic E-state index is 6.06. The van der Waals surface area contributed by atoms with Crippen LogP contribution in [0.4, 0.5) is 5.95 Å². The summed E-state index contributed by atoms with van der Waals surface area (Å²) >= 11 is 0. The van der Waals surface area contributed by atoms with Crippen molar-refractivity contribution in [1.29, 1.82) is 0 Å². The van der Waals surface area contributed by atoms with Gasteiger partial charge >= 0.3 is 0 Å². The predicted octanol–water partition coefficient (Wildman–Crippen LogP) is 0.891. The summed E-state index contributed by atoms with van der Waals surface area (Å²) in [7, 11) is 3.88. The topological polar surface area (TPSA) is 79.5 Å². The Morgan fingerprint density at radius 1 is 1.25 bits per heavy atom. The molecule has 2 N–H and O–H groups in total. The van der Waals surface area contributed by atoms with Gasteiger partial charge in [-0.1, -0.05) is 6.92 Å². The van der Waals surface area contributed by atoms with Crippen LogP contribution >= 0.6 is 0 Å². The normalized spacial score (nSPS) is 11.6. The quantitative estimate of drug-likeness (QED) is 0.765. The molecule has 3 heterocycles. The Kier molecular flexibility index (Phi) is 2.96. The molecule has 0 fully saturated rings. The number of anilines is 1. The first kappa shape index (κ1) is 12.7. The van der Waals surface area contributed by atoms with Gasteiger partial charge in [-0.05, 0) is 12.5 Å². The van der Waals surface area contributed by atoms with Crippen molar-refractivity contribution in [3.8, 4) is 0 Å². The molecule has 0 aliphatic rings. The van der Waals surface area contributed by atoms with Gasteiger partial charge in [-0.3, -0.25) is 13.9 Å². The molecule has 0 aromatic carbocycles. The summed E-state index contributed by atoms with van der Waals surface area (Å²) in [5.74, 6) is 0.546. The number of aryl methyl sites for hydroxylation is 5. The zero-order valence-electron chi connectivity index (χ0n) is 12.0. The van der Waals surface area contributed by atoms with E-state index in [-0.39, 0.29) is 0 Å². The number of hydrogen-bond acceptors (Lipinski definition) is 4. The number of nitrogens with two attached hydrogens (primary N) is 1. The molecule has 0 amide bonds. The van der Waals surface area contributed by atoms with E-state index in [1.807, 2.05) is 34.1 Å². The van der Waals surface area contributed by atoms with E-state index in [4.69, 9.17) is 5.73 Å². The monoisotopic (exact) mass is 273 g/mol. The lowest BCUT2D eigenvalue weighted by Crippen LogP contribution is -2.10. The lowest BCUT2D eigenvalue weighted by Gasteiger charge is -2.07. The summed E-state index contributed by atoms with van der Waals surface area (Å²) in [5.41, 5.74) is 10.1. The Balaban J connectivity index is 1.97. The SMILES string of the molecule is CCc1nn(C)c2c1nc(N)n2CCc1ccnn1C. The van der Waals surface area contributed by atoms with E-state index in [0.717, 1.165) is 36.2 Å². The van der Waals surface area contributed by atoms with E-state index in [9.17, 15) is 0 Å². The van der Waals surface area contributed by atoms with Gasteiger partial charge in [0.15, 0.2) is 5.65 Å². The van der Waals surface area contributed by atoms with Crippen LogP contribution in [0, 0.1) is 0 Å². The van der Waals surface area contributed by atoms with Crippen LogP contribution < -0.4 is 5.73 Å². The number of rotatable bonds is 4. The molecule has 0 aliphatic carbocycles. The molecule has 0 bridgehead atoms. The fraction of sp³-hybridized carbons (Fsp3) is 0.462. The fourth-order valence-electron chi connectivity index (χ4n) is 2.59. The maximum absolute atomic E-state index is 6.06. The van der Waals surface area contributed by atoms with E-state index in [0.29, 0.717) is 5.95 Å². The number of imidazole rings is 1. The van der Waals surface area contributed by atoms with E-state index >= 15 is 0 Å². The molecule has 106 valence electrons. The first-order valence-electron chi connectivity index (χ1n) is 6.76. The van der Waals surface area contributed by atoms with Gasteiger partial charge in [0, 0.05) is 39.0 Å². The molecular weight excluding hydrogens is 254 g/mol. The largest absolute Gasteiger partial charge is 0.369 e. The van der Waals surface area contributed by atoms with Gasteiger partial charge in [0.05, 0.1) is 5.69 Å². The molecule has 7 nitrogen and oxygen atoms in total. The lowest BCUT2D eigenvalue weighted by molar-refractivity contribution is 0.634. The Bertz CT molecular complexity index is 746. The second-order valence-corrected chi connectivity index (χ2v) is 4.91. The van der Waals surface area contributed by atoms with Crippen molar-refractivity contribution in [2.24, 2.45) is 14.1 Å². The van der Waals surface area contributed by atoms with E-state index in [1.54, 1.807) is 6.20 Å². The molecule has 0 atom stereocenters. The molecule has 7 heteroatoms. The summed E-state index contributed by atoms with van der Waals surface area (Å²) in [4.78, 5) is 4.46. The van der Waals surface area contributed by atoms with Crippen LogP contribution in [0.1, 0.15) is 18.3 Å². The van der Waals surface area contributed by atoms with Gasteiger partial charge < -0.3 is 5.73 Å². The average molecular weight is 273 g/mol. The Morgan fingerprint density at radius 3 is 2.70 bits per heavy atom. The Labute approximate surface area is 117 Å². The van der Waals surface area contributed by atoms with Crippen molar-refractivity contribution in [3.63, 3.8) is 0 Å². The van der Waals surface area contributed by atoms with Crippen molar-refractivity contribution in [2.75, 3.05) is 5.73 Å². The third kappa shape index (κ3) is 1.86. The molecule has 3 aromatic heterocycles. The highest BCUT2D eigenvalue weighted by Gasteiger charge is 2.16. The van der Waals surface area contributed by atoms with Gasteiger partial charge in [0.1, 0.15) is 5.52 Å². The highest BCUT2D eigenvalue weighted by molar-refractivity contribution is 5.77. The number of nitrogens with zero attached hydrogens (tertiary/aromatic N) is 6. The molecule has 3 aromatic rings. The smallest absolute Gasteiger partial charge is 0.202 e. The Morgan fingerprint density at radius 2 is 2.05 bits per heavy atom. The van der Waals surface area contributed by atoms with Crippen molar-refractivity contribution in [3.05, 3.63) is 23.7 Å². The van der Waals surface area contributed by atoms with Crippen molar-refractivity contribution >= 4 is 17.1 Å². The minimum Gasteiger partial charge on any atom is -0.369 e. The minimum atomic E-state index is 0.546. The standard InChI is InChI=1S/C13H19N7/c1-4-10-11-12(19(3)17-10)20(13(14)16-11)8-6-9-5-7-15-18(9)2/h5,7H,4,6,8H2,1-3H3,(H2,14,16). The lowest BCUT2D eigenvalue weighted by atomic mass is 10.3. The number of fused-ring (bicyclic) bond motifs is 1. The maximum Gasteiger partial charge on any atom is 0.202 e. The molecule has 3 rings (SSSR count). The second-order valence-electron chi connectivity index (χ2n) is 4.91. The third-order valence-electron chi connectivity index (χ3n) is 3.67. The van der Waals surface area contributed by atoms with Crippen LogP contribution in [0.25, 0.3) is 11.2 Å². The molecule has 0 saturated carbocycles. The summed E-state index contributed by atoms with van der Waals surface area (Å²) in [6.45, 7) is 2.84. The van der Waals surface area contributed by atoms with Crippen LogP contribution in [0.2, 0.25) is 0 Å². The van der Waals surface area contributed by atoms with Crippen LogP contribution in [-0.2, 0) is 33.5 Å². The van der Waals surface area contributed by atoms with Crippen LogP contribution in [0.3, 0.4) is 0 Å². The first-order chi connectivity index (χ1) is 9.61. The molecule has 0 saturated heterocycles. The van der Waals surface area contributed by atoms with Gasteiger partial charge in [0.25, 0.3) is 0 Å². The Hall–Kier alpha value is -2.31. The zero-order valence-corrected chi connectivity index (χ0v) is 12.0. The first-order valence-corrected chi connectivity index (χ1v) is 6.76. The summed E-state index contributed by atoms with van der Waals surface area (Å²) in [5, 5.41) is 8.67. The zero-order chi connectivity index (χ0) is 14.3. The van der Waals surface area contributed by atoms with Crippen molar-refractivity contribution in [2.45, 2.75) is 26.3 Å².